The van der Waals surface area contributed by atoms with Crippen molar-refractivity contribution in [2.24, 2.45) is 0 Å². The average Bonchev–Trinajstić information content (AvgIpc) is 2.51. The molecule has 0 saturated carbocycles. The van der Waals surface area contributed by atoms with E-state index < -0.39 is 0 Å². The summed E-state index contributed by atoms with van der Waals surface area (Å²) in [5, 5.41) is 0. The molecule has 12 heavy (non-hydrogen) atoms. The molecule has 0 radical (unpaired) electrons. The van der Waals surface area contributed by atoms with Crippen molar-refractivity contribution in [1.29, 1.82) is 0 Å². The van der Waals surface area contributed by atoms with Crippen molar-refractivity contribution in [2.45, 2.75) is 12.8 Å². The van der Waals surface area contributed by atoms with Gasteiger partial charge in [0.15, 0.2) is 0 Å². The van der Waals surface area contributed by atoms with Crippen LogP contribution in [0.15, 0.2) is 16.9 Å². The second kappa shape index (κ2) is 4.16. The highest BCUT2D eigenvalue weighted by molar-refractivity contribution is 6.17. The van der Waals surface area contributed by atoms with E-state index in [0.29, 0.717) is 17.7 Å². The van der Waals surface area contributed by atoms with Crippen LogP contribution in [0.1, 0.15) is 22.8 Å². The van der Waals surface area contributed by atoms with Crippen LogP contribution in [0.2, 0.25) is 0 Å². The van der Waals surface area contributed by atoms with Crippen molar-refractivity contribution in [3.63, 3.8) is 0 Å². The third-order valence-corrected chi connectivity index (χ3v) is 1.67. The summed E-state index contributed by atoms with van der Waals surface area (Å²) >= 11 is 5.55. The Hall–Kier alpha value is -0.960. The quantitative estimate of drug-likeness (QED) is 0.539. The molecule has 1 aromatic rings. The Labute approximate surface area is 75.3 Å². The minimum absolute atomic E-state index is 0.255. The fourth-order valence-electron chi connectivity index (χ4n) is 0.815. The van der Waals surface area contributed by atoms with Gasteiger partial charge in [0.05, 0.1) is 18.8 Å². The van der Waals surface area contributed by atoms with Crippen molar-refractivity contribution in [3.8, 4) is 0 Å². The molecule has 0 aliphatic carbocycles. The molecular weight excluding hydrogens is 180 g/mol. The molecule has 4 heteroatoms. The SMILES string of the molecule is CCOC(=O)c1cocc1CCl. The van der Waals surface area contributed by atoms with Gasteiger partial charge in [-0.1, -0.05) is 0 Å². The normalized spacial score (nSPS) is 9.83. The molecule has 1 heterocycles. The lowest BCUT2D eigenvalue weighted by atomic mass is 10.2. The Morgan fingerprint density at radius 2 is 2.42 bits per heavy atom. The van der Waals surface area contributed by atoms with E-state index in [1.54, 1.807) is 6.92 Å². The molecule has 0 fully saturated rings. The topological polar surface area (TPSA) is 39.4 Å². The van der Waals surface area contributed by atoms with E-state index in [1.807, 2.05) is 0 Å². The van der Waals surface area contributed by atoms with Gasteiger partial charge >= 0.3 is 5.97 Å². The molecule has 0 saturated heterocycles. The van der Waals surface area contributed by atoms with Crippen molar-refractivity contribution < 1.29 is 13.9 Å². The molecule has 0 unspecified atom stereocenters. The van der Waals surface area contributed by atoms with Gasteiger partial charge < -0.3 is 9.15 Å². The molecule has 0 aromatic carbocycles. The Morgan fingerprint density at radius 1 is 1.67 bits per heavy atom. The second-order valence-corrected chi connectivity index (χ2v) is 2.43. The Bertz CT molecular complexity index is 267. The number of halogens is 1. The van der Waals surface area contributed by atoms with Crippen LogP contribution >= 0.6 is 11.6 Å². The molecule has 0 aliphatic heterocycles. The Kier molecular flexibility index (Phi) is 3.17. The van der Waals surface area contributed by atoms with E-state index in [2.05, 4.69) is 0 Å². The first-order chi connectivity index (χ1) is 5.79. The molecule has 0 bridgehead atoms. The Balaban J connectivity index is 2.79. The van der Waals surface area contributed by atoms with Crippen LogP contribution in [-0.2, 0) is 10.6 Å². The van der Waals surface area contributed by atoms with Crippen LogP contribution in [0.5, 0.6) is 0 Å². The van der Waals surface area contributed by atoms with Crippen molar-refractivity contribution in [3.05, 3.63) is 23.7 Å². The van der Waals surface area contributed by atoms with E-state index >= 15 is 0 Å². The van der Waals surface area contributed by atoms with Crippen molar-refractivity contribution >= 4 is 17.6 Å². The number of rotatable bonds is 3. The summed E-state index contributed by atoms with van der Waals surface area (Å²) in [7, 11) is 0. The standard InChI is InChI=1S/C8H9ClO3/c1-2-12-8(10)7-5-11-4-6(7)3-9/h4-5H,2-3H2,1H3. The minimum atomic E-state index is -0.387. The molecule has 0 amide bonds. The molecule has 0 spiro atoms. The van der Waals surface area contributed by atoms with E-state index in [9.17, 15) is 4.79 Å². The predicted molar refractivity (Wildman–Crippen MR) is 44.2 cm³/mol. The van der Waals surface area contributed by atoms with Gasteiger partial charge in [-0.2, -0.15) is 0 Å². The molecule has 1 aromatic heterocycles. The van der Waals surface area contributed by atoms with Crippen LogP contribution in [0.25, 0.3) is 0 Å². The highest BCUT2D eigenvalue weighted by Crippen LogP contribution is 2.13. The summed E-state index contributed by atoms with van der Waals surface area (Å²) in [6.07, 6.45) is 2.79. The molecule has 66 valence electrons. The summed E-state index contributed by atoms with van der Waals surface area (Å²) in [5.41, 5.74) is 1.07. The number of ether oxygens (including phenoxy) is 1. The number of alkyl halides is 1. The monoisotopic (exact) mass is 188 g/mol. The molecule has 0 aliphatic rings. The lowest BCUT2D eigenvalue weighted by molar-refractivity contribution is 0.0524. The van der Waals surface area contributed by atoms with Gasteiger partial charge in [0, 0.05) is 5.56 Å². The van der Waals surface area contributed by atoms with E-state index in [1.165, 1.54) is 12.5 Å². The summed E-state index contributed by atoms with van der Waals surface area (Å²) in [6, 6.07) is 0. The van der Waals surface area contributed by atoms with Gasteiger partial charge in [0.25, 0.3) is 0 Å². The zero-order valence-electron chi connectivity index (χ0n) is 6.67. The summed E-state index contributed by atoms with van der Waals surface area (Å²) in [4.78, 5) is 11.1. The fourth-order valence-corrected chi connectivity index (χ4v) is 1.02. The van der Waals surface area contributed by atoms with Gasteiger partial charge in [-0.15, -0.1) is 11.6 Å². The van der Waals surface area contributed by atoms with Gasteiger partial charge in [0.2, 0.25) is 0 Å². The average molecular weight is 189 g/mol. The third kappa shape index (κ3) is 1.80. The Morgan fingerprint density at radius 3 is 3.00 bits per heavy atom. The number of hydrogen-bond acceptors (Lipinski definition) is 3. The van der Waals surface area contributed by atoms with Gasteiger partial charge in [0.1, 0.15) is 11.8 Å². The molecular formula is C8H9ClO3. The maximum atomic E-state index is 11.1. The van der Waals surface area contributed by atoms with Crippen LogP contribution < -0.4 is 0 Å². The minimum Gasteiger partial charge on any atom is -0.471 e. The van der Waals surface area contributed by atoms with Crippen molar-refractivity contribution in [2.75, 3.05) is 6.61 Å². The third-order valence-electron chi connectivity index (χ3n) is 1.38. The number of esters is 1. The lowest BCUT2D eigenvalue weighted by Gasteiger charge is -1.98. The van der Waals surface area contributed by atoms with Gasteiger partial charge in [-0.3, -0.25) is 0 Å². The van der Waals surface area contributed by atoms with Crippen LogP contribution in [0.4, 0.5) is 0 Å². The lowest BCUT2D eigenvalue weighted by Crippen LogP contribution is -2.05. The van der Waals surface area contributed by atoms with Crippen LogP contribution in [-0.4, -0.2) is 12.6 Å². The molecule has 0 atom stereocenters. The zero-order chi connectivity index (χ0) is 8.97. The molecule has 3 nitrogen and oxygen atoms in total. The number of furan rings is 1. The van der Waals surface area contributed by atoms with E-state index in [4.69, 9.17) is 20.8 Å². The van der Waals surface area contributed by atoms with Crippen molar-refractivity contribution in [1.82, 2.24) is 0 Å². The predicted octanol–water partition coefficient (Wildman–Crippen LogP) is 2.20. The summed E-state index contributed by atoms with van der Waals surface area (Å²) in [5.74, 6) is -0.133. The first-order valence-electron chi connectivity index (χ1n) is 3.57. The zero-order valence-corrected chi connectivity index (χ0v) is 7.43. The van der Waals surface area contributed by atoms with E-state index in [-0.39, 0.29) is 11.8 Å². The number of carbonyl (C=O) groups is 1. The first-order valence-corrected chi connectivity index (χ1v) is 4.11. The van der Waals surface area contributed by atoms with Gasteiger partial charge in [-0.05, 0) is 6.92 Å². The van der Waals surface area contributed by atoms with E-state index in [0.717, 1.165) is 0 Å². The van der Waals surface area contributed by atoms with Gasteiger partial charge in [-0.25, -0.2) is 4.79 Å². The highest BCUT2D eigenvalue weighted by atomic mass is 35.5. The summed E-state index contributed by atoms with van der Waals surface area (Å²) < 4.78 is 9.59. The first kappa shape index (κ1) is 9.13. The second-order valence-electron chi connectivity index (χ2n) is 2.16. The maximum Gasteiger partial charge on any atom is 0.341 e. The van der Waals surface area contributed by atoms with Crippen LogP contribution in [0, 0.1) is 0 Å². The number of hydrogen-bond donors (Lipinski definition) is 0. The fraction of sp³-hybridized carbons (Fsp3) is 0.375. The number of carbonyl (C=O) groups excluding carboxylic acids is 1. The largest absolute Gasteiger partial charge is 0.471 e. The molecule has 0 N–H and O–H groups in total. The highest BCUT2D eigenvalue weighted by Gasteiger charge is 2.13. The smallest absolute Gasteiger partial charge is 0.341 e. The maximum absolute atomic E-state index is 11.1. The summed E-state index contributed by atoms with van der Waals surface area (Å²) in [6.45, 7) is 2.10. The van der Waals surface area contributed by atoms with Crippen LogP contribution in [0.3, 0.4) is 0 Å². The molecule has 1 rings (SSSR count).